The van der Waals surface area contributed by atoms with Crippen LogP contribution in [0.3, 0.4) is 0 Å². The van der Waals surface area contributed by atoms with Gasteiger partial charge in [0.2, 0.25) is 0 Å². The van der Waals surface area contributed by atoms with E-state index in [0.717, 1.165) is 11.3 Å². The Morgan fingerprint density at radius 1 is 1.17 bits per heavy atom. The van der Waals surface area contributed by atoms with Gasteiger partial charge < -0.3 is 14.4 Å². The van der Waals surface area contributed by atoms with E-state index in [1.807, 2.05) is 6.92 Å². The molecular formula is C25H24Cl2FN5O3. The lowest BCUT2D eigenvalue weighted by Gasteiger charge is -2.35. The predicted molar refractivity (Wildman–Crippen MR) is 133 cm³/mol. The summed E-state index contributed by atoms with van der Waals surface area (Å²) in [5.74, 6) is -1.31. The van der Waals surface area contributed by atoms with E-state index in [9.17, 15) is 18.8 Å². The maximum Gasteiger partial charge on any atom is 0.286 e. The van der Waals surface area contributed by atoms with E-state index in [-0.39, 0.29) is 24.4 Å². The Bertz CT molecular complexity index is 1440. The highest BCUT2D eigenvalue weighted by Crippen LogP contribution is 2.33. The number of aromatic nitrogens is 3. The van der Waals surface area contributed by atoms with Crippen LogP contribution in [-0.4, -0.2) is 48.5 Å². The van der Waals surface area contributed by atoms with Gasteiger partial charge in [-0.05, 0) is 43.7 Å². The van der Waals surface area contributed by atoms with Gasteiger partial charge in [0.05, 0.1) is 34.9 Å². The van der Waals surface area contributed by atoms with Crippen LogP contribution in [-0.2, 0) is 26.6 Å². The average Bonchev–Trinajstić information content (AvgIpc) is 3.20. The number of aryl methyl sites for hydroxylation is 1. The lowest BCUT2D eigenvalue weighted by Crippen LogP contribution is -2.45. The first kappa shape index (κ1) is 24.5. The van der Waals surface area contributed by atoms with E-state index in [4.69, 9.17) is 23.2 Å². The number of hydrogen-bond acceptors (Lipinski definition) is 4. The van der Waals surface area contributed by atoms with Crippen molar-refractivity contribution < 1.29 is 14.0 Å². The van der Waals surface area contributed by atoms with Crippen molar-refractivity contribution in [2.75, 3.05) is 6.54 Å². The number of carbonyl (C=O) groups excluding carboxylic acids is 2. The summed E-state index contributed by atoms with van der Waals surface area (Å²) in [6.45, 7) is 4.84. The van der Waals surface area contributed by atoms with Crippen LogP contribution in [0.1, 0.15) is 57.6 Å². The predicted octanol–water partition coefficient (Wildman–Crippen LogP) is 3.83. The Balaban J connectivity index is 1.46. The van der Waals surface area contributed by atoms with Crippen LogP contribution in [0.25, 0.3) is 0 Å². The standard InChI is InChI=1S/C25H24Cl2FN5O3/c1-13-8-21-17(12-32(13)23(34)15-4-5-18(26)19(27)9-15)22-25(36)31(6-7-33(22)29-21)14(2)16-10-20(28)24(35)30(3)11-16/h4-5,9-11,13-14H,6-8,12H2,1-3H3/t13-,14-/m1/s1. The largest absolute Gasteiger partial charge is 0.331 e. The molecule has 1 aromatic carbocycles. The molecule has 0 N–H and O–H groups in total. The minimum atomic E-state index is -0.862. The van der Waals surface area contributed by atoms with Gasteiger partial charge in [-0.15, -0.1) is 0 Å². The number of fused-ring (bicyclic) bond motifs is 3. The number of halogens is 3. The third-order valence-electron chi connectivity index (χ3n) is 7.04. The third kappa shape index (κ3) is 4.00. The molecule has 2 atom stereocenters. The normalized spacial score (nSPS) is 18.2. The van der Waals surface area contributed by atoms with Crippen LogP contribution < -0.4 is 5.56 Å². The molecule has 0 saturated heterocycles. The highest BCUT2D eigenvalue weighted by molar-refractivity contribution is 6.42. The number of rotatable bonds is 3. The molecule has 3 aromatic rings. The maximum atomic E-state index is 14.1. The van der Waals surface area contributed by atoms with Gasteiger partial charge in [0.1, 0.15) is 5.69 Å². The zero-order chi connectivity index (χ0) is 25.9. The quantitative estimate of drug-likeness (QED) is 0.514. The van der Waals surface area contributed by atoms with Crippen LogP contribution in [0.2, 0.25) is 10.0 Å². The molecule has 0 bridgehead atoms. The topological polar surface area (TPSA) is 80.4 Å². The maximum absolute atomic E-state index is 14.1. The summed E-state index contributed by atoms with van der Waals surface area (Å²) in [5, 5.41) is 5.34. The van der Waals surface area contributed by atoms with Crippen molar-refractivity contribution in [3.63, 3.8) is 0 Å². The molecule has 0 saturated carbocycles. The fourth-order valence-electron chi connectivity index (χ4n) is 4.98. The van der Waals surface area contributed by atoms with Crippen LogP contribution in [0.4, 0.5) is 4.39 Å². The summed E-state index contributed by atoms with van der Waals surface area (Å²) in [6.07, 6.45) is 2.06. The first-order valence-electron chi connectivity index (χ1n) is 11.6. The Morgan fingerprint density at radius 2 is 1.92 bits per heavy atom. The van der Waals surface area contributed by atoms with E-state index in [0.29, 0.717) is 46.4 Å². The third-order valence-corrected chi connectivity index (χ3v) is 7.78. The van der Waals surface area contributed by atoms with E-state index in [1.54, 1.807) is 45.8 Å². The number of nitrogens with zero attached hydrogens (tertiary/aromatic N) is 5. The van der Waals surface area contributed by atoms with Crippen molar-refractivity contribution in [1.82, 2.24) is 24.1 Å². The van der Waals surface area contributed by atoms with Gasteiger partial charge in [-0.25, -0.2) is 4.39 Å². The lowest BCUT2D eigenvalue weighted by atomic mass is 9.97. The van der Waals surface area contributed by atoms with Crippen LogP contribution in [0.5, 0.6) is 0 Å². The molecule has 11 heteroatoms. The minimum absolute atomic E-state index is 0.130. The van der Waals surface area contributed by atoms with Gasteiger partial charge in [0.25, 0.3) is 17.4 Å². The second-order valence-electron chi connectivity index (χ2n) is 9.32. The number of amides is 2. The molecule has 2 amide bonds. The molecule has 4 heterocycles. The van der Waals surface area contributed by atoms with Crippen LogP contribution in [0.15, 0.2) is 35.3 Å². The van der Waals surface area contributed by atoms with Crippen molar-refractivity contribution >= 4 is 35.0 Å². The first-order chi connectivity index (χ1) is 17.1. The molecule has 0 unspecified atom stereocenters. The lowest BCUT2D eigenvalue weighted by molar-refractivity contribution is 0.0604. The fourth-order valence-corrected chi connectivity index (χ4v) is 5.28. The fraction of sp³-hybridized carbons (Fsp3) is 0.360. The highest BCUT2D eigenvalue weighted by atomic mass is 35.5. The summed E-state index contributed by atoms with van der Waals surface area (Å²) in [4.78, 5) is 42.2. The average molecular weight is 532 g/mol. The Hall–Kier alpha value is -3.17. The summed E-state index contributed by atoms with van der Waals surface area (Å²) in [7, 11) is 1.48. The van der Waals surface area contributed by atoms with Gasteiger partial charge in [-0.3, -0.25) is 19.1 Å². The minimum Gasteiger partial charge on any atom is -0.331 e. The van der Waals surface area contributed by atoms with E-state index in [2.05, 4.69) is 5.10 Å². The zero-order valence-corrected chi connectivity index (χ0v) is 21.5. The van der Waals surface area contributed by atoms with Crippen molar-refractivity contribution in [2.24, 2.45) is 7.05 Å². The van der Waals surface area contributed by atoms with Gasteiger partial charge in [0, 0.05) is 43.4 Å². The van der Waals surface area contributed by atoms with Gasteiger partial charge >= 0.3 is 0 Å². The van der Waals surface area contributed by atoms with E-state index < -0.39 is 17.4 Å². The van der Waals surface area contributed by atoms with Crippen molar-refractivity contribution in [3.8, 4) is 0 Å². The Kier molecular flexibility index (Phi) is 6.16. The number of pyridine rings is 1. The van der Waals surface area contributed by atoms with Gasteiger partial charge in [-0.1, -0.05) is 23.2 Å². The summed E-state index contributed by atoms with van der Waals surface area (Å²) < 4.78 is 17.0. The molecule has 2 aliphatic heterocycles. The van der Waals surface area contributed by atoms with E-state index in [1.165, 1.54) is 17.7 Å². The molecule has 0 spiro atoms. The summed E-state index contributed by atoms with van der Waals surface area (Å²) >= 11 is 12.1. The van der Waals surface area contributed by atoms with Crippen LogP contribution >= 0.6 is 23.2 Å². The van der Waals surface area contributed by atoms with E-state index >= 15 is 0 Å². The van der Waals surface area contributed by atoms with Crippen LogP contribution in [0, 0.1) is 5.82 Å². The SMILES string of the molecule is C[C@@H]1Cc2nn3c(c2CN1C(=O)c1ccc(Cl)c(Cl)c1)C(=O)N([C@H](C)c1cc(F)c(=O)n(C)c1)CC3. The van der Waals surface area contributed by atoms with Crippen molar-refractivity contribution in [3.05, 3.63) is 84.8 Å². The smallest absolute Gasteiger partial charge is 0.286 e. The van der Waals surface area contributed by atoms with Gasteiger partial charge in [-0.2, -0.15) is 5.10 Å². The summed E-state index contributed by atoms with van der Waals surface area (Å²) in [5.41, 5.74) is 2.17. The van der Waals surface area contributed by atoms with Crippen molar-refractivity contribution in [2.45, 2.75) is 45.4 Å². The molecule has 36 heavy (non-hydrogen) atoms. The molecule has 8 nitrogen and oxygen atoms in total. The Morgan fingerprint density at radius 3 is 2.61 bits per heavy atom. The molecule has 0 aliphatic carbocycles. The number of benzene rings is 1. The zero-order valence-electron chi connectivity index (χ0n) is 20.0. The molecular weight excluding hydrogens is 508 g/mol. The highest BCUT2D eigenvalue weighted by Gasteiger charge is 2.38. The molecule has 5 rings (SSSR count). The van der Waals surface area contributed by atoms with Gasteiger partial charge in [0.15, 0.2) is 5.82 Å². The second kappa shape index (κ2) is 9.05. The first-order valence-corrected chi connectivity index (χ1v) is 12.3. The summed E-state index contributed by atoms with van der Waals surface area (Å²) in [6, 6.07) is 5.35. The molecule has 2 aliphatic rings. The molecule has 188 valence electrons. The molecule has 0 fully saturated rings. The molecule has 0 radical (unpaired) electrons. The molecule has 2 aromatic heterocycles. The monoisotopic (exact) mass is 531 g/mol. The Labute approximate surface area is 216 Å². The second-order valence-corrected chi connectivity index (χ2v) is 10.1. The number of hydrogen-bond donors (Lipinski definition) is 0. The number of carbonyl (C=O) groups is 2. The van der Waals surface area contributed by atoms with Crippen molar-refractivity contribution in [1.29, 1.82) is 0 Å².